The lowest BCUT2D eigenvalue weighted by Crippen LogP contribution is -2.55. The molecule has 2 aromatic carbocycles. The Hall–Kier alpha value is -1.67. The van der Waals surface area contributed by atoms with Gasteiger partial charge in [0, 0.05) is 5.02 Å². The van der Waals surface area contributed by atoms with Gasteiger partial charge in [0.1, 0.15) is 36.3 Å². The van der Waals surface area contributed by atoms with Crippen molar-refractivity contribution in [1.82, 2.24) is 0 Å². The number of aliphatic hydroxyl groups is 4. The van der Waals surface area contributed by atoms with Crippen LogP contribution in [0.5, 0.6) is 5.75 Å². The molecule has 0 aromatic heterocycles. The van der Waals surface area contributed by atoms with Crippen LogP contribution in [0.3, 0.4) is 0 Å². The van der Waals surface area contributed by atoms with Gasteiger partial charge < -0.3 is 29.9 Å². The minimum absolute atomic E-state index is 0.326. The second-order valence-electron chi connectivity index (χ2n) is 9.82. The van der Waals surface area contributed by atoms with Gasteiger partial charge in [0.2, 0.25) is 0 Å². The van der Waals surface area contributed by atoms with Crippen LogP contribution in [-0.2, 0) is 11.2 Å². The van der Waals surface area contributed by atoms with E-state index in [0.717, 1.165) is 47.5 Å². The lowest BCUT2D eigenvalue weighted by Gasteiger charge is -2.40. The fourth-order valence-electron chi connectivity index (χ4n) is 5.60. The van der Waals surface area contributed by atoms with E-state index in [-0.39, 0.29) is 0 Å². The fourth-order valence-corrected chi connectivity index (χ4v) is 5.78. The third-order valence-electron chi connectivity index (χ3n) is 7.74. The highest BCUT2D eigenvalue weighted by atomic mass is 35.5. The Morgan fingerprint density at radius 3 is 2.33 bits per heavy atom. The van der Waals surface area contributed by atoms with Gasteiger partial charge in [-0.2, -0.15) is 0 Å². The van der Waals surface area contributed by atoms with Gasteiger partial charge in [0.05, 0.1) is 12.7 Å². The van der Waals surface area contributed by atoms with E-state index >= 15 is 0 Å². The first-order valence-corrected chi connectivity index (χ1v) is 12.1. The molecule has 4 N–H and O–H groups in total. The van der Waals surface area contributed by atoms with E-state index in [9.17, 15) is 20.4 Å². The summed E-state index contributed by atoms with van der Waals surface area (Å²) in [6.07, 6.45) is -2.72. The highest BCUT2D eigenvalue weighted by Gasteiger charge is 2.53. The molecule has 7 heteroatoms. The number of rotatable bonds is 6. The topological polar surface area (TPSA) is 99.4 Å². The molecule has 2 aliphatic carbocycles. The molecule has 0 radical (unpaired) electrons. The third kappa shape index (κ3) is 4.53. The zero-order chi connectivity index (χ0) is 23.3. The predicted octanol–water partition coefficient (Wildman–Crippen LogP) is 2.87. The summed E-state index contributed by atoms with van der Waals surface area (Å²) in [5.41, 5.74) is 2.54. The monoisotopic (exact) mass is 474 g/mol. The van der Waals surface area contributed by atoms with Crippen LogP contribution < -0.4 is 4.74 Å². The molecule has 3 fully saturated rings. The maximum Gasteiger partial charge on any atom is 0.119 e. The van der Waals surface area contributed by atoms with Gasteiger partial charge in [-0.1, -0.05) is 42.8 Å². The number of aliphatic hydroxyl groups excluding tert-OH is 4. The molecule has 1 saturated heterocycles. The van der Waals surface area contributed by atoms with Crippen LogP contribution in [0.4, 0.5) is 0 Å². The first-order valence-electron chi connectivity index (χ1n) is 11.7. The molecule has 9 atom stereocenters. The van der Waals surface area contributed by atoms with Crippen molar-refractivity contribution < 1.29 is 29.9 Å². The van der Waals surface area contributed by atoms with E-state index in [4.69, 9.17) is 21.1 Å². The summed E-state index contributed by atoms with van der Waals surface area (Å²) < 4.78 is 11.9. The largest absolute Gasteiger partial charge is 0.490 e. The van der Waals surface area contributed by atoms with Crippen molar-refractivity contribution in [3.8, 4) is 5.75 Å². The van der Waals surface area contributed by atoms with E-state index in [1.807, 2.05) is 30.3 Å². The summed E-state index contributed by atoms with van der Waals surface area (Å²) in [5, 5.41) is 40.6. The second-order valence-corrected chi connectivity index (χ2v) is 10.2. The molecule has 178 valence electrons. The Labute approximate surface area is 198 Å². The Morgan fingerprint density at radius 2 is 1.67 bits per heavy atom. The van der Waals surface area contributed by atoms with Crippen molar-refractivity contribution in [2.24, 2.45) is 17.8 Å². The molecule has 1 aliphatic heterocycles. The molecule has 1 heterocycles. The van der Waals surface area contributed by atoms with Gasteiger partial charge in [-0.15, -0.1) is 0 Å². The van der Waals surface area contributed by atoms with Crippen molar-refractivity contribution in [1.29, 1.82) is 0 Å². The molecular weight excluding hydrogens is 444 g/mol. The van der Waals surface area contributed by atoms with Crippen molar-refractivity contribution >= 4 is 11.6 Å². The van der Waals surface area contributed by atoms with Gasteiger partial charge in [0.25, 0.3) is 0 Å². The summed E-state index contributed by atoms with van der Waals surface area (Å²) in [6.45, 7) is 1.87. The van der Waals surface area contributed by atoms with Crippen molar-refractivity contribution in [3.05, 3.63) is 64.2 Å². The summed E-state index contributed by atoms with van der Waals surface area (Å²) in [6, 6.07) is 13.4. The van der Waals surface area contributed by atoms with E-state index in [2.05, 4.69) is 6.92 Å². The number of halogens is 1. The van der Waals surface area contributed by atoms with E-state index in [1.54, 1.807) is 12.1 Å². The minimum atomic E-state index is -1.42. The molecule has 0 spiro atoms. The summed E-state index contributed by atoms with van der Waals surface area (Å²) in [5.74, 6) is 3.47. The standard InChI is InChI=1S/C26H31ClO6/c1-13-19-10-18(11-20(13)19)32-17-5-2-14(3-6-17)8-16-9-15(4-7-21(16)27)26-25(31)24(30)23(29)22(12-28)33-26/h2-7,9,13,18-20,22-26,28-31H,8,10-12H2,1H3/t13-,18+,19+,20-,22-,23-,24+,25-,26?/m1/s1. The lowest BCUT2D eigenvalue weighted by atomic mass is 9.90. The van der Waals surface area contributed by atoms with Gasteiger partial charge in [0.15, 0.2) is 0 Å². The number of hydrogen-bond donors (Lipinski definition) is 4. The van der Waals surface area contributed by atoms with Crippen molar-refractivity contribution in [2.45, 2.75) is 62.8 Å². The fraction of sp³-hybridized carbons (Fsp3) is 0.538. The lowest BCUT2D eigenvalue weighted by molar-refractivity contribution is -0.231. The van der Waals surface area contributed by atoms with Crippen LogP contribution in [0.25, 0.3) is 0 Å². The highest BCUT2D eigenvalue weighted by Crippen LogP contribution is 2.57. The highest BCUT2D eigenvalue weighted by molar-refractivity contribution is 6.31. The Morgan fingerprint density at radius 1 is 0.970 bits per heavy atom. The van der Waals surface area contributed by atoms with Crippen LogP contribution in [0.1, 0.15) is 42.6 Å². The summed E-state index contributed by atoms with van der Waals surface area (Å²) in [7, 11) is 0. The van der Waals surface area contributed by atoms with Crippen LogP contribution >= 0.6 is 11.6 Å². The zero-order valence-electron chi connectivity index (χ0n) is 18.5. The van der Waals surface area contributed by atoms with Crippen LogP contribution in [0.2, 0.25) is 5.02 Å². The minimum Gasteiger partial charge on any atom is -0.490 e. The molecule has 0 amide bonds. The number of hydrogen-bond acceptors (Lipinski definition) is 6. The smallest absolute Gasteiger partial charge is 0.119 e. The number of benzene rings is 2. The maximum absolute atomic E-state index is 10.4. The van der Waals surface area contributed by atoms with Gasteiger partial charge in [-0.25, -0.2) is 0 Å². The Bertz CT molecular complexity index is 967. The quantitative estimate of drug-likeness (QED) is 0.514. The molecule has 3 aliphatic rings. The Balaban J connectivity index is 1.26. The second kappa shape index (κ2) is 9.17. The van der Waals surface area contributed by atoms with E-state index in [1.165, 1.54) is 0 Å². The number of fused-ring (bicyclic) bond motifs is 1. The van der Waals surface area contributed by atoms with Crippen LogP contribution in [0.15, 0.2) is 42.5 Å². The zero-order valence-corrected chi connectivity index (χ0v) is 19.3. The van der Waals surface area contributed by atoms with Crippen LogP contribution in [-0.4, -0.2) is 57.6 Å². The molecule has 2 aromatic rings. The average molecular weight is 475 g/mol. The molecule has 1 unspecified atom stereocenters. The predicted molar refractivity (Wildman–Crippen MR) is 123 cm³/mol. The maximum atomic E-state index is 10.4. The summed E-state index contributed by atoms with van der Waals surface area (Å²) >= 11 is 6.45. The number of ether oxygens (including phenoxy) is 2. The van der Waals surface area contributed by atoms with Gasteiger partial charge in [-0.05, 0) is 71.9 Å². The average Bonchev–Trinajstić information content (AvgIpc) is 3.20. The van der Waals surface area contributed by atoms with Crippen molar-refractivity contribution in [2.75, 3.05) is 6.61 Å². The SMILES string of the molecule is C[C@H]1[C@H]2C[C@@H](Oc3ccc(Cc4cc(C5O[C@H](CO)[C@@H](O)[C@H](O)[C@H]5O)ccc4Cl)cc3)C[C@@H]12. The third-order valence-corrected chi connectivity index (χ3v) is 8.11. The summed E-state index contributed by atoms with van der Waals surface area (Å²) in [4.78, 5) is 0. The molecule has 5 rings (SSSR count). The molecule has 0 bridgehead atoms. The molecular formula is C26H31ClO6. The van der Waals surface area contributed by atoms with Gasteiger partial charge >= 0.3 is 0 Å². The van der Waals surface area contributed by atoms with Crippen molar-refractivity contribution in [3.63, 3.8) is 0 Å². The first-order chi connectivity index (χ1) is 15.9. The van der Waals surface area contributed by atoms with E-state index < -0.39 is 37.1 Å². The Kier molecular flexibility index (Phi) is 6.42. The van der Waals surface area contributed by atoms with Crippen LogP contribution in [0, 0.1) is 17.8 Å². The van der Waals surface area contributed by atoms with Gasteiger partial charge in [-0.3, -0.25) is 0 Å². The first kappa shape index (κ1) is 23.1. The normalized spacial score (nSPS) is 37.6. The van der Waals surface area contributed by atoms with E-state index in [0.29, 0.717) is 23.1 Å². The molecule has 33 heavy (non-hydrogen) atoms. The molecule has 6 nitrogen and oxygen atoms in total. The molecule has 2 saturated carbocycles.